The lowest BCUT2D eigenvalue weighted by atomic mass is 10.0. The third-order valence-electron chi connectivity index (χ3n) is 1.98. The van der Waals surface area contributed by atoms with Crippen molar-refractivity contribution < 1.29 is 9.90 Å². The molecule has 1 rings (SSSR count). The third kappa shape index (κ3) is 2.22. The summed E-state index contributed by atoms with van der Waals surface area (Å²) in [5.74, 6) is -0.239. The van der Waals surface area contributed by atoms with Gasteiger partial charge >= 0.3 is 0 Å². The minimum Gasteiger partial charge on any atom is -0.383 e. The lowest BCUT2D eigenvalue weighted by Crippen LogP contribution is -2.07. The van der Waals surface area contributed by atoms with Gasteiger partial charge in [-0.3, -0.25) is 4.79 Å². The Labute approximate surface area is 87.8 Å². The van der Waals surface area contributed by atoms with Crippen molar-refractivity contribution in [3.63, 3.8) is 0 Å². The van der Waals surface area contributed by atoms with Crippen LogP contribution in [0.25, 0.3) is 0 Å². The summed E-state index contributed by atoms with van der Waals surface area (Å²) in [6.45, 7) is 4.88. The molecule has 3 heteroatoms. The van der Waals surface area contributed by atoms with Crippen LogP contribution in [0.15, 0.2) is 36.4 Å². The summed E-state index contributed by atoms with van der Waals surface area (Å²) in [5.41, 5.74) is 0.660. The average Bonchev–Trinajstić information content (AvgIpc) is 2.16. The Bertz CT molecular complexity index is 371. The van der Waals surface area contributed by atoms with Crippen molar-refractivity contribution in [3.05, 3.63) is 47.0 Å². The first kappa shape index (κ1) is 11.0. The van der Waals surface area contributed by atoms with E-state index in [9.17, 15) is 9.90 Å². The summed E-state index contributed by atoms with van der Waals surface area (Å²) in [5, 5.41) is 10.2. The topological polar surface area (TPSA) is 37.3 Å². The molecular formula is C11H11ClO2. The van der Waals surface area contributed by atoms with Crippen molar-refractivity contribution in [1.29, 1.82) is 0 Å². The van der Waals surface area contributed by atoms with Crippen molar-refractivity contribution in [2.75, 3.05) is 0 Å². The molecule has 1 aromatic carbocycles. The van der Waals surface area contributed by atoms with Gasteiger partial charge in [0, 0.05) is 16.2 Å². The molecule has 0 aliphatic rings. The Balaban J connectivity index is 3.01. The Morgan fingerprint density at radius 3 is 2.57 bits per heavy atom. The first-order valence-corrected chi connectivity index (χ1v) is 4.54. The van der Waals surface area contributed by atoms with Gasteiger partial charge in [0.1, 0.15) is 6.10 Å². The van der Waals surface area contributed by atoms with Crippen LogP contribution in [0.1, 0.15) is 18.6 Å². The van der Waals surface area contributed by atoms with E-state index in [0.717, 1.165) is 0 Å². The predicted octanol–water partition coefficient (Wildman–Crippen LogP) is 2.52. The van der Waals surface area contributed by atoms with E-state index in [1.54, 1.807) is 24.3 Å². The first-order valence-electron chi connectivity index (χ1n) is 4.16. The molecule has 1 aromatic rings. The SMILES string of the molecule is C=C(C(C)=O)[C@@H](O)c1ccccc1Cl. The Hall–Kier alpha value is -1.12. The van der Waals surface area contributed by atoms with Gasteiger partial charge < -0.3 is 5.11 Å². The predicted molar refractivity (Wildman–Crippen MR) is 56.2 cm³/mol. The number of aliphatic hydroxyl groups excluding tert-OH is 1. The van der Waals surface area contributed by atoms with Crippen molar-refractivity contribution >= 4 is 17.4 Å². The molecule has 2 nitrogen and oxygen atoms in total. The van der Waals surface area contributed by atoms with Gasteiger partial charge in [-0.25, -0.2) is 0 Å². The van der Waals surface area contributed by atoms with E-state index in [-0.39, 0.29) is 11.4 Å². The van der Waals surface area contributed by atoms with E-state index < -0.39 is 6.10 Å². The van der Waals surface area contributed by atoms with Gasteiger partial charge in [0.25, 0.3) is 0 Å². The van der Waals surface area contributed by atoms with Gasteiger partial charge in [-0.05, 0) is 13.0 Å². The van der Waals surface area contributed by atoms with Gasteiger partial charge in [-0.2, -0.15) is 0 Å². The van der Waals surface area contributed by atoms with E-state index in [4.69, 9.17) is 11.6 Å². The minimum absolute atomic E-state index is 0.151. The van der Waals surface area contributed by atoms with E-state index in [1.165, 1.54) is 6.92 Å². The second-order valence-electron chi connectivity index (χ2n) is 3.01. The van der Waals surface area contributed by atoms with Crippen molar-refractivity contribution in [3.8, 4) is 0 Å². The zero-order valence-corrected chi connectivity index (χ0v) is 8.58. The lowest BCUT2D eigenvalue weighted by molar-refractivity contribution is -0.114. The number of halogens is 1. The number of hydrogen-bond acceptors (Lipinski definition) is 2. The highest BCUT2D eigenvalue weighted by Crippen LogP contribution is 2.27. The van der Waals surface area contributed by atoms with Gasteiger partial charge in [0.2, 0.25) is 0 Å². The largest absolute Gasteiger partial charge is 0.383 e. The number of benzene rings is 1. The standard InChI is InChI=1S/C11H11ClO2/c1-7(8(2)13)11(14)9-5-3-4-6-10(9)12/h3-6,11,14H,1H2,2H3/t11-/m1/s1. The number of hydrogen-bond donors (Lipinski definition) is 1. The summed E-state index contributed by atoms with van der Waals surface area (Å²) in [6.07, 6.45) is -1.01. The van der Waals surface area contributed by atoms with E-state index in [2.05, 4.69) is 6.58 Å². The summed E-state index contributed by atoms with van der Waals surface area (Å²) in [7, 11) is 0. The van der Waals surface area contributed by atoms with Gasteiger partial charge in [0.05, 0.1) is 0 Å². The number of Topliss-reactive ketones (excluding diaryl/α,β-unsaturated/α-hetero) is 1. The first-order chi connectivity index (χ1) is 6.54. The van der Waals surface area contributed by atoms with Crippen LogP contribution in [0.5, 0.6) is 0 Å². The average molecular weight is 211 g/mol. The van der Waals surface area contributed by atoms with Crippen molar-refractivity contribution in [1.82, 2.24) is 0 Å². The van der Waals surface area contributed by atoms with Crippen LogP contribution in [-0.2, 0) is 4.79 Å². The van der Waals surface area contributed by atoms with Crippen molar-refractivity contribution in [2.24, 2.45) is 0 Å². The molecule has 0 fully saturated rings. The molecule has 0 spiro atoms. The van der Waals surface area contributed by atoms with Crippen LogP contribution < -0.4 is 0 Å². The molecule has 0 aromatic heterocycles. The van der Waals surface area contributed by atoms with E-state index >= 15 is 0 Å². The zero-order valence-electron chi connectivity index (χ0n) is 7.83. The molecule has 14 heavy (non-hydrogen) atoms. The lowest BCUT2D eigenvalue weighted by Gasteiger charge is -2.12. The van der Waals surface area contributed by atoms with E-state index in [0.29, 0.717) is 10.6 Å². The molecule has 0 bridgehead atoms. The minimum atomic E-state index is -1.01. The molecule has 0 saturated heterocycles. The second-order valence-corrected chi connectivity index (χ2v) is 3.41. The molecule has 0 aliphatic carbocycles. The Morgan fingerprint density at radius 1 is 1.50 bits per heavy atom. The summed E-state index contributed by atoms with van der Waals surface area (Å²) >= 11 is 5.86. The highest BCUT2D eigenvalue weighted by atomic mass is 35.5. The monoisotopic (exact) mass is 210 g/mol. The van der Waals surface area contributed by atoms with Crippen LogP contribution >= 0.6 is 11.6 Å². The highest BCUT2D eigenvalue weighted by molar-refractivity contribution is 6.31. The number of aliphatic hydroxyl groups is 1. The van der Waals surface area contributed by atoms with Gasteiger partial charge in [-0.15, -0.1) is 0 Å². The Morgan fingerprint density at radius 2 is 2.07 bits per heavy atom. The molecule has 1 atom stereocenters. The van der Waals surface area contributed by atoms with Crippen LogP contribution in [0.2, 0.25) is 5.02 Å². The quantitative estimate of drug-likeness (QED) is 0.779. The molecular weight excluding hydrogens is 200 g/mol. The molecule has 0 heterocycles. The summed E-state index contributed by atoms with van der Waals surface area (Å²) in [6, 6.07) is 6.83. The highest BCUT2D eigenvalue weighted by Gasteiger charge is 2.17. The van der Waals surface area contributed by atoms with Crippen LogP contribution in [0.4, 0.5) is 0 Å². The fraction of sp³-hybridized carbons (Fsp3) is 0.182. The fourth-order valence-electron chi connectivity index (χ4n) is 1.08. The molecule has 0 unspecified atom stereocenters. The third-order valence-corrected chi connectivity index (χ3v) is 2.33. The molecule has 1 N–H and O–H groups in total. The van der Waals surface area contributed by atoms with Crippen LogP contribution in [0.3, 0.4) is 0 Å². The second kappa shape index (κ2) is 4.40. The maximum Gasteiger partial charge on any atom is 0.158 e. The number of carbonyl (C=O) groups excluding carboxylic acids is 1. The maximum atomic E-state index is 11.0. The summed E-state index contributed by atoms with van der Waals surface area (Å²) in [4.78, 5) is 11.0. The van der Waals surface area contributed by atoms with Crippen LogP contribution in [-0.4, -0.2) is 10.9 Å². The van der Waals surface area contributed by atoms with Gasteiger partial charge in [0.15, 0.2) is 5.78 Å². The van der Waals surface area contributed by atoms with Crippen molar-refractivity contribution in [2.45, 2.75) is 13.0 Å². The number of rotatable bonds is 3. The molecule has 0 aliphatic heterocycles. The smallest absolute Gasteiger partial charge is 0.158 e. The number of ketones is 1. The fourth-order valence-corrected chi connectivity index (χ4v) is 1.32. The molecule has 0 amide bonds. The molecule has 0 radical (unpaired) electrons. The number of carbonyl (C=O) groups is 1. The normalized spacial score (nSPS) is 12.2. The zero-order chi connectivity index (χ0) is 10.7. The van der Waals surface area contributed by atoms with E-state index in [1.807, 2.05) is 0 Å². The van der Waals surface area contributed by atoms with Gasteiger partial charge in [-0.1, -0.05) is 36.4 Å². The summed E-state index contributed by atoms with van der Waals surface area (Å²) < 4.78 is 0. The Kier molecular flexibility index (Phi) is 3.44. The van der Waals surface area contributed by atoms with Crippen LogP contribution in [0, 0.1) is 0 Å². The molecule has 74 valence electrons. The molecule has 0 saturated carbocycles. The maximum absolute atomic E-state index is 11.0.